The molecule has 0 amide bonds. The standard InChI is InChI=1S/C9H15N5O4S/c1-2-19(17,18)6-5-11-9-7(14(15)16)3-4-8(12-9)13-10/h3-4H,2,5-6,10H2,1H3,(H2,11,12,13). The van der Waals surface area contributed by atoms with Crippen molar-refractivity contribution >= 4 is 27.2 Å². The molecule has 0 aliphatic heterocycles. The van der Waals surface area contributed by atoms with Gasteiger partial charge in [-0.25, -0.2) is 19.2 Å². The van der Waals surface area contributed by atoms with Gasteiger partial charge in [0.2, 0.25) is 5.82 Å². The quantitative estimate of drug-likeness (QED) is 0.365. The second kappa shape index (κ2) is 6.29. The van der Waals surface area contributed by atoms with E-state index >= 15 is 0 Å². The molecule has 0 aliphatic rings. The second-order valence-corrected chi connectivity index (χ2v) is 6.10. The van der Waals surface area contributed by atoms with Crippen LogP contribution in [0.25, 0.3) is 0 Å². The summed E-state index contributed by atoms with van der Waals surface area (Å²) < 4.78 is 22.6. The highest BCUT2D eigenvalue weighted by Gasteiger charge is 2.16. The summed E-state index contributed by atoms with van der Waals surface area (Å²) >= 11 is 0. The third-order valence-corrected chi connectivity index (χ3v) is 4.07. The first-order valence-electron chi connectivity index (χ1n) is 5.46. The molecule has 1 rings (SSSR count). The zero-order valence-corrected chi connectivity index (χ0v) is 11.1. The number of aromatic nitrogens is 1. The van der Waals surface area contributed by atoms with Crippen LogP contribution in [0.3, 0.4) is 0 Å². The van der Waals surface area contributed by atoms with Gasteiger partial charge in [0.1, 0.15) is 5.82 Å². The lowest BCUT2D eigenvalue weighted by molar-refractivity contribution is -0.384. The van der Waals surface area contributed by atoms with E-state index in [2.05, 4.69) is 15.7 Å². The average Bonchev–Trinajstić information content (AvgIpc) is 2.38. The molecule has 10 heteroatoms. The molecule has 9 nitrogen and oxygen atoms in total. The van der Waals surface area contributed by atoms with E-state index in [9.17, 15) is 18.5 Å². The fourth-order valence-electron chi connectivity index (χ4n) is 1.28. The molecule has 0 fully saturated rings. The van der Waals surface area contributed by atoms with Gasteiger partial charge in [0.15, 0.2) is 9.84 Å². The third-order valence-electron chi connectivity index (χ3n) is 2.36. The number of sulfone groups is 1. The lowest BCUT2D eigenvalue weighted by Crippen LogP contribution is -2.18. The predicted molar refractivity (Wildman–Crippen MR) is 71.5 cm³/mol. The molecule has 0 aromatic carbocycles. The maximum Gasteiger partial charge on any atom is 0.311 e. The molecule has 0 aliphatic carbocycles. The Labute approximate surface area is 110 Å². The fraction of sp³-hybridized carbons (Fsp3) is 0.444. The van der Waals surface area contributed by atoms with Gasteiger partial charge in [-0.3, -0.25) is 10.1 Å². The van der Waals surface area contributed by atoms with Crippen LogP contribution in [0.4, 0.5) is 17.3 Å². The van der Waals surface area contributed by atoms with Gasteiger partial charge < -0.3 is 10.7 Å². The molecule has 1 aromatic heterocycles. The van der Waals surface area contributed by atoms with Gasteiger partial charge in [-0.1, -0.05) is 6.92 Å². The van der Waals surface area contributed by atoms with Crippen LogP contribution in [0.5, 0.6) is 0 Å². The molecule has 0 unspecified atom stereocenters. The number of nitrogens with two attached hydrogens (primary N) is 1. The molecular formula is C9H15N5O4S. The second-order valence-electron chi connectivity index (χ2n) is 3.63. The number of nitro groups is 1. The van der Waals surface area contributed by atoms with Gasteiger partial charge in [0.25, 0.3) is 0 Å². The van der Waals surface area contributed by atoms with Gasteiger partial charge in [-0.2, -0.15) is 0 Å². The van der Waals surface area contributed by atoms with Crippen LogP contribution in [-0.2, 0) is 9.84 Å². The topological polar surface area (TPSA) is 140 Å². The number of hydrogen-bond donors (Lipinski definition) is 3. The molecule has 19 heavy (non-hydrogen) atoms. The van der Waals surface area contributed by atoms with Crippen molar-refractivity contribution in [1.29, 1.82) is 0 Å². The van der Waals surface area contributed by atoms with Crippen molar-refractivity contribution in [3.05, 3.63) is 22.2 Å². The van der Waals surface area contributed by atoms with Crippen molar-refractivity contribution in [2.45, 2.75) is 6.92 Å². The largest absolute Gasteiger partial charge is 0.363 e. The van der Waals surface area contributed by atoms with E-state index in [1.54, 1.807) is 0 Å². The van der Waals surface area contributed by atoms with Crippen LogP contribution in [0, 0.1) is 10.1 Å². The monoisotopic (exact) mass is 289 g/mol. The van der Waals surface area contributed by atoms with Crippen molar-refractivity contribution in [3.63, 3.8) is 0 Å². The molecule has 4 N–H and O–H groups in total. The van der Waals surface area contributed by atoms with Crippen molar-refractivity contribution in [2.75, 3.05) is 28.8 Å². The summed E-state index contributed by atoms with van der Waals surface area (Å²) in [6, 6.07) is 2.59. The molecular weight excluding hydrogens is 274 g/mol. The summed E-state index contributed by atoms with van der Waals surface area (Å²) in [7, 11) is -3.14. The smallest absolute Gasteiger partial charge is 0.311 e. The lowest BCUT2D eigenvalue weighted by atomic mass is 10.3. The molecule has 1 aromatic rings. The van der Waals surface area contributed by atoms with E-state index in [4.69, 9.17) is 5.84 Å². The molecule has 0 bridgehead atoms. The third kappa shape index (κ3) is 4.34. The highest BCUT2D eigenvalue weighted by molar-refractivity contribution is 7.91. The summed E-state index contributed by atoms with van der Waals surface area (Å²) in [6.45, 7) is 1.58. The fourth-order valence-corrected chi connectivity index (χ4v) is 1.98. The first-order chi connectivity index (χ1) is 8.89. The van der Waals surface area contributed by atoms with Gasteiger partial charge in [-0.05, 0) is 6.07 Å². The van der Waals surface area contributed by atoms with E-state index in [1.807, 2.05) is 0 Å². The van der Waals surface area contributed by atoms with Gasteiger partial charge in [0.05, 0.1) is 10.7 Å². The Balaban J connectivity index is 2.84. The number of rotatable bonds is 7. The Morgan fingerprint density at radius 2 is 2.16 bits per heavy atom. The highest BCUT2D eigenvalue weighted by Crippen LogP contribution is 2.23. The van der Waals surface area contributed by atoms with Gasteiger partial charge in [0, 0.05) is 18.4 Å². The highest BCUT2D eigenvalue weighted by atomic mass is 32.2. The molecule has 0 radical (unpaired) electrons. The minimum absolute atomic E-state index is 0.0215. The normalized spacial score (nSPS) is 11.1. The molecule has 0 saturated heterocycles. The molecule has 0 saturated carbocycles. The van der Waals surface area contributed by atoms with Crippen LogP contribution in [0.1, 0.15) is 6.92 Å². The van der Waals surface area contributed by atoms with Gasteiger partial charge in [-0.15, -0.1) is 0 Å². The average molecular weight is 289 g/mol. The minimum atomic E-state index is -3.14. The summed E-state index contributed by atoms with van der Waals surface area (Å²) in [5.74, 6) is 5.28. The van der Waals surface area contributed by atoms with E-state index < -0.39 is 14.8 Å². The van der Waals surface area contributed by atoms with Crippen molar-refractivity contribution in [1.82, 2.24) is 4.98 Å². The van der Waals surface area contributed by atoms with Crippen LogP contribution in [0.15, 0.2) is 12.1 Å². The van der Waals surface area contributed by atoms with Crippen molar-refractivity contribution < 1.29 is 13.3 Å². The number of nitrogens with one attached hydrogen (secondary N) is 2. The number of pyridine rings is 1. The summed E-state index contributed by atoms with van der Waals surface area (Å²) in [6.07, 6.45) is 0. The van der Waals surface area contributed by atoms with Crippen LogP contribution < -0.4 is 16.6 Å². The number of nitrogens with zero attached hydrogens (tertiary/aromatic N) is 2. The number of nitrogen functional groups attached to an aromatic ring is 1. The maximum absolute atomic E-state index is 11.3. The Hall–Kier alpha value is -1.94. The van der Waals surface area contributed by atoms with Crippen molar-refractivity contribution in [3.8, 4) is 0 Å². The lowest BCUT2D eigenvalue weighted by Gasteiger charge is -2.07. The first-order valence-corrected chi connectivity index (χ1v) is 7.28. The number of hydrazine groups is 1. The number of hydrogen-bond acceptors (Lipinski definition) is 8. The van der Waals surface area contributed by atoms with Crippen molar-refractivity contribution in [2.24, 2.45) is 5.84 Å². The summed E-state index contributed by atoms with van der Waals surface area (Å²) in [4.78, 5) is 14.1. The Morgan fingerprint density at radius 3 is 2.68 bits per heavy atom. The zero-order chi connectivity index (χ0) is 14.5. The van der Waals surface area contributed by atoms with E-state index in [0.717, 1.165) is 0 Å². The summed E-state index contributed by atoms with van der Waals surface area (Å²) in [5, 5.41) is 13.4. The molecule has 1 heterocycles. The molecule has 0 atom stereocenters. The van der Waals surface area contributed by atoms with Gasteiger partial charge >= 0.3 is 5.69 Å². The minimum Gasteiger partial charge on any atom is -0.363 e. The predicted octanol–water partition coefficient (Wildman–Crippen LogP) is 0.122. The van der Waals surface area contributed by atoms with Crippen LogP contribution in [-0.4, -0.2) is 36.4 Å². The SMILES string of the molecule is CCS(=O)(=O)CCNc1nc(NN)ccc1[N+](=O)[O-]. The van der Waals surface area contributed by atoms with E-state index in [-0.39, 0.29) is 35.4 Å². The summed E-state index contributed by atoms with van der Waals surface area (Å²) in [5.41, 5.74) is 2.02. The number of anilines is 2. The van der Waals surface area contributed by atoms with E-state index in [1.165, 1.54) is 19.1 Å². The Kier molecular flexibility index (Phi) is 5.01. The first kappa shape index (κ1) is 15.1. The Bertz CT molecular complexity index is 560. The molecule has 0 spiro atoms. The van der Waals surface area contributed by atoms with E-state index in [0.29, 0.717) is 0 Å². The maximum atomic E-state index is 11.3. The molecule has 106 valence electrons. The van der Waals surface area contributed by atoms with Crippen LogP contribution >= 0.6 is 0 Å². The Morgan fingerprint density at radius 1 is 1.47 bits per heavy atom. The van der Waals surface area contributed by atoms with Crippen LogP contribution in [0.2, 0.25) is 0 Å². The zero-order valence-electron chi connectivity index (χ0n) is 10.3.